The Labute approximate surface area is 350 Å². The molecule has 0 heterocycles. The van der Waals surface area contributed by atoms with Gasteiger partial charge in [-0.1, -0.05) is 131 Å². The summed E-state index contributed by atoms with van der Waals surface area (Å²) in [7, 11) is 0. The molecule has 6 aromatic carbocycles. The van der Waals surface area contributed by atoms with Gasteiger partial charge in [0.1, 0.15) is 34.5 Å². The Bertz CT molecular complexity index is 2370. The van der Waals surface area contributed by atoms with Gasteiger partial charge in [-0.3, -0.25) is 0 Å². The summed E-state index contributed by atoms with van der Waals surface area (Å²) in [4.78, 5) is 0. The number of phenolic OH excluding ortho intramolecular Hbond substituents is 6. The maximum absolute atomic E-state index is 12.0. The predicted molar refractivity (Wildman–Crippen MR) is 239 cm³/mol. The lowest BCUT2D eigenvalue weighted by Gasteiger charge is -2.18. The average molecular weight is 793 g/mol. The number of hydrogen-bond acceptors (Lipinski definition) is 6. The van der Waals surface area contributed by atoms with Crippen molar-refractivity contribution in [3.8, 4) is 34.5 Å². The summed E-state index contributed by atoms with van der Waals surface area (Å²) in [5, 5.41) is 67.7. The molecule has 0 saturated heterocycles. The van der Waals surface area contributed by atoms with E-state index >= 15 is 0 Å². The number of hydrogen-bond donors (Lipinski definition) is 6. The predicted octanol–water partition coefficient (Wildman–Crippen LogP) is 12.2. The first-order valence-electron chi connectivity index (χ1n) is 20.8. The Balaban J connectivity index is 1.39. The van der Waals surface area contributed by atoms with Crippen LogP contribution in [0.15, 0.2) is 84.9 Å². The van der Waals surface area contributed by atoms with Crippen LogP contribution in [0.25, 0.3) is 0 Å². The van der Waals surface area contributed by atoms with E-state index in [9.17, 15) is 30.6 Å². The quantitative estimate of drug-likeness (QED) is 0.0693. The van der Waals surface area contributed by atoms with Crippen molar-refractivity contribution in [1.82, 2.24) is 0 Å². The van der Waals surface area contributed by atoms with E-state index in [1.807, 2.05) is 93.6 Å². The van der Waals surface area contributed by atoms with E-state index in [2.05, 4.69) is 41.5 Å². The number of aryl methyl sites for hydroxylation is 3. The second-order valence-electron chi connectivity index (χ2n) is 17.6. The maximum atomic E-state index is 12.0. The van der Waals surface area contributed by atoms with E-state index in [1.165, 1.54) is 0 Å². The lowest BCUT2D eigenvalue weighted by Crippen LogP contribution is -2.02. The van der Waals surface area contributed by atoms with Crippen LogP contribution in [0.5, 0.6) is 34.5 Å². The fraction of sp³-hybridized carbons (Fsp3) is 0.321. The van der Waals surface area contributed by atoms with Gasteiger partial charge in [0.25, 0.3) is 0 Å². The fourth-order valence-corrected chi connectivity index (χ4v) is 8.43. The number of rotatable bonds is 13. The summed E-state index contributed by atoms with van der Waals surface area (Å²) in [6, 6.07) is 26.9. The first-order valence-corrected chi connectivity index (χ1v) is 20.8. The highest BCUT2D eigenvalue weighted by Crippen LogP contribution is 2.38. The largest absolute Gasteiger partial charge is 0.508 e. The van der Waals surface area contributed by atoms with Gasteiger partial charge in [0.2, 0.25) is 0 Å². The van der Waals surface area contributed by atoms with Gasteiger partial charge in [0.15, 0.2) is 0 Å². The van der Waals surface area contributed by atoms with Crippen LogP contribution >= 0.6 is 0 Å². The molecule has 0 aromatic heterocycles. The van der Waals surface area contributed by atoms with E-state index in [1.54, 1.807) is 12.1 Å². The smallest absolute Gasteiger partial charge is 0.122 e. The highest BCUT2D eigenvalue weighted by molar-refractivity contribution is 5.55. The Kier molecular flexibility index (Phi) is 12.7. The minimum atomic E-state index is 0.137. The molecule has 0 aliphatic carbocycles. The lowest BCUT2D eigenvalue weighted by atomic mass is 9.89. The molecule has 308 valence electrons. The van der Waals surface area contributed by atoms with Gasteiger partial charge in [0, 0.05) is 32.1 Å². The summed E-state index contributed by atoms with van der Waals surface area (Å²) in [6.45, 7) is 18.4. The molecule has 0 unspecified atom stereocenters. The molecule has 0 aliphatic rings. The number of phenols is 6. The molecule has 0 radical (unpaired) electrons. The van der Waals surface area contributed by atoms with E-state index in [-0.39, 0.29) is 52.3 Å². The molecule has 0 fully saturated rings. The zero-order valence-electron chi connectivity index (χ0n) is 36.0. The van der Waals surface area contributed by atoms with Gasteiger partial charge in [0.05, 0.1) is 0 Å². The zero-order chi connectivity index (χ0) is 42.9. The van der Waals surface area contributed by atoms with Crippen molar-refractivity contribution < 1.29 is 30.6 Å². The summed E-state index contributed by atoms with van der Waals surface area (Å²) >= 11 is 0. The molecule has 0 bridgehead atoms. The van der Waals surface area contributed by atoms with Crippen LogP contribution in [0.1, 0.15) is 148 Å². The molecule has 6 N–H and O–H groups in total. The fourth-order valence-electron chi connectivity index (χ4n) is 8.43. The van der Waals surface area contributed by atoms with Crippen molar-refractivity contribution in [2.24, 2.45) is 0 Å². The maximum Gasteiger partial charge on any atom is 0.122 e. The van der Waals surface area contributed by atoms with Crippen molar-refractivity contribution in [3.05, 3.63) is 174 Å². The van der Waals surface area contributed by atoms with Gasteiger partial charge in [-0.15, -0.1) is 0 Å². The van der Waals surface area contributed by atoms with Crippen molar-refractivity contribution >= 4 is 0 Å². The lowest BCUT2D eigenvalue weighted by molar-refractivity contribution is 0.454. The van der Waals surface area contributed by atoms with Gasteiger partial charge in [-0.05, 0) is 123 Å². The molecule has 59 heavy (non-hydrogen) atoms. The number of benzene rings is 6. The van der Waals surface area contributed by atoms with Gasteiger partial charge < -0.3 is 30.6 Å². The van der Waals surface area contributed by atoms with E-state index in [0.29, 0.717) is 54.4 Å². The Morgan fingerprint density at radius 2 is 0.610 bits per heavy atom. The minimum Gasteiger partial charge on any atom is -0.508 e. The van der Waals surface area contributed by atoms with Crippen molar-refractivity contribution in [3.63, 3.8) is 0 Å². The summed E-state index contributed by atoms with van der Waals surface area (Å²) in [5.74, 6) is 1.64. The molecule has 6 aromatic rings. The van der Waals surface area contributed by atoms with Crippen LogP contribution < -0.4 is 0 Å². The topological polar surface area (TPSA) is 121 Å². The standard InChI is InChI=1S/C53H60O6/c1-29(2)45-17-32(7)14-40(51(45)57)24-37-25-43(22-35-10-12-48(54)38(20-35)27-41-15-33(8)18-46(30(3)4)52(41)58)50(56)44(26-37)23-36-11-13-49(55)39(21-36)28-42-16-34(9)19-47(31(5)6)53(42)59/h10-21,25-26,29-31,54-59H,22-24,27-28H2,1-9H3. The van der Waals surface area contributed by atoms with Crippen LogP contribution in [0.4, 0.5) is 0 Å². The van der Waals surface area contributed by atoms with Gasteiger partial charge in [-0.25, -0.2) is 0 Å². The van der Waals surface area contributed by atoms with E-state index in [0.717, 1.165) is 66.8 Å². The molecular weight excluding hydrogens is 733 g/mol. The third-order valence-corrected chi connectivity index (χ3v) is 11.5. The summed E-state index contributed by atoms with van der Waals surface area (Å²) < 4.78 is 0. The van der Waals surface area contributed by atoms with Crippen molar-refractivity contribution in [2.75, 3.05) is 0 Å². The molecule has 0 atom stereocenters. The second kappa shape index (κ2) is 17.5. The van der Waals surface area contributed by atoms with Crippen LogP contribution in [0.3, 0.4) is 0 Å². The monoisotopic (exact) mass is 792 g/mol. The van der Waals surface area contributed by atoms with E-state index < -0.39 is 0 Å². The molecule has 6 heteroatoms. The second-order valence-corrected chi connectivity index (χ2v) is 17.6. The third kappa shape index (κ3) is 9.71. The number of aromatic hydroxyl groups is 6. The molecule has 6 rings (SSSR count). The van der Waals surface area contributed by atoms with Gasteiger partial charge >= 0.3 is 0 Å². The van der Waals surface area contributed by atoms with Crippen molar-refractivity contribution in [1.29, 1.82) is 0 Å². The molecule has 0 amide bonds. The average Bonchev–Trinajstić information content (AvgIpc) is 3.16. The molecule has 0 aliphatic heterocycles. The first-order chi connectivity index (χ1) is 27.9. The molecule has 0 spiro atoms. The Morgan fingerprint density at radius 1 is 0.322 bits per heavy atom. The summed E-state index contributed by atoms with van der Waals surface area (Å²) in [6.07, 6.45) is 1.89. The SMILES string of the molecule is Cc1cc(Cc2cc(Cc3ccc(O)c(Cc4cc(C)cc(C(C)C)c4O)c3)c(O)c(Cc3ccc(O)c(Cc4cc(C)cc(C(C)C)c4O)c3)c2)c(O)c(C(C)C)c1. The van der Waals surface area contributed by atoms with Crippen LogP contribution in [-0.4, -0.2) is 30.6 Å². The minimum absolute atomic E-state index is 0.137. The van der Waals surface area contributed by atoms with Crippen molar-refractivity contribution in [2.45, 2.75) is 112 Å². The van der Waals surface area contributed by atoms with Crippen LogP contribution in [0, 0.1) is 20.8 Å². The Hall–Kier alpha value is -5.88. The molecular formula is C53H60O6. The molecule has 6 nitrogen and oxygen atoms in total. The Morgan fingerprint density at radius 3 is 0.949 bits per heavy atom. The summed E-state index contributed by atoms with van der Waals surface area (Å²) in [5.41, 5.74) is 13.6. The van der Waals surface area contributed by atoms with Gasteiger partial charge in [-0.2, -0.15) is 0 Å². The third-order valence-electron chi connectivity index (χ3n) is 11.5. The highest BCUT2D eigenvalue weighted by atomic mass is 16.3. The van der Waals surface area contributed by atoms with Crippen LogP contribution in [0.2, 0.25) is 0 Å². The highest BCUT2D eigenvalue weighted by Gasteiger charge is 2.20. The normalized spacial score (nSPS) is 11.7. The zero-order valence-corrected chi connectivity index (χ0v) is 36.0. The van der Waals surface area contributed by atoms with E-state index in [4.69, 9.17) is 0 Å². The molecule has 0 saturated carbocycles. The first kappa shape index (κ1) is 42.7. The van der Waals surface area contributed by atoms with Crippen LogP contribution in [-0.2, 0) is 32.1 Å².